The monoisotopic (exact) mass is 1830 g/mol. The van der Waals surface area contributed by atoms with Gasteiger partial charge in [-0.25, -0.2) is 0 Å². The van der Waals surface area contributed by atoms with Gasteiger partial charge in [0.05, 0.1) is 22.0 Å². The van der Waals surface area contributed by atoms with Gasteiger partial charge < -0.3 is 19.1 Å². The second-order valence-electron chi connectivity index (χ2n) is 39.5. The van der Waals surface area contributed by atoms with E-state index < -0.39 is 29.2 Å². The molecular weight excluding hydrogens is 1730 g/mol. The van der Waals surface area contributed by atoms with Crippen molar-refractivity contribution in [1.82, 2.24) is 0 Å². The summed E-state index contributed by atoms with van der Waals surface area (Å²) in [5, 5.41) is 5.80. The van der Waals surface area contributed by atoms with E-state index in [1.54, 1.807) is 0 Å². The van der Waals surface area contributed by atoms with Crippen LogP contribution in [0.25, 0.3) is 99.4 Å². The highest BCUT2D eigenvalue weighted by Gasteiger charge is 2.57. The molecule has 7 aliphatic rings. The first-order chi connectivity index (χ1) is 67.3. The molecule has 4 aliphatic carbocycles. The molecule has 0 N–H and O–H groups in total. The normalized spacial score (nSPS) is 15.4. The summed E-state index contributed by atoms with van der Waals surface area (Å²) in [6.45, 7) is 17.9. The highest BCUT2D eigenvalue weighted by Crippen LogP contribution is 2.67. The lowest BCUT2D eigenvalue weighted by atomic mass is 9.66. The molecule has 1 saturated heterocycles. The molecule has 0 amide bonds. The van der Waals surface area contributed by atoms with Gasteiger partial charge in [0, 0.05) is 69.6 Å². The van der Waals surface area contributed by atoms with E-state index in [2.05, 4.69) is 496 Å². The first-order valence-electron chi connectivity index (χ1n) is 48.0. The smallest absolute Gasteiger partial charge is 0.399 e. The molecule has 1 fully saturated rings. The van der Waals surface area contributed by atoms with E-state index in [-0.39, 0.29) is 10.8 Å². The fourth-order valence-corrected chi connectivity index (χ4v) is 26.2. The molecule has 20 aromatic carbocycles. The van der Waals surface area contributed by atoms with Gasteiger partial charge in [0.25, 0.3) is 0 Å². The summed E-state index contributed by atoms with van der Waals surface area (Å²) in [6, 6.07) is 165. The molecule has 2 spiro atoms. The van der Waals surface area contributed by atoms with Crippen LogP contribution in [-0.4, -0.2) is 18.3 Å². The summed E-state index contributed by atoms with van der Waals surface area (Å²) in [7, 11) is -0.449. The van der Waals surface area contributed by atoms with Gasteiger partial charge in [-0.2, -0.15) is 0 Å². The SMILES string of the molecule is CC1(C)OB(c2cccc3c2-c2c(ccc4ccccc24)C32c3ccccc3Sc3ccccc32)OC1(C)C.CC1(C)c2ccccc2-c2ccc(N(c3ccc(-c4ccccc4)cc3)c3ccc(-c4cccc5c4-c4c(ccc6ccccc46)C54c5ccccc5Sc5ccccc54)cc3)cc21.CC1(C)c2ccccc2-c2ccc(N(c3ccc(Cl)cc3)c3ccc(-c4ccccc4)cc3)cc21. The van der Waals surface area contributed by atoms with Crippen LogP contribution in [0.5, 0.6) is 0 Å². The van der Waals surface area contributed by atoms with Crippen molar-refractivity contribution in [2.24, 2.45) is 0 Å². The van der Waals surface area contributed by atoms with E-state index in [4.69, 9.17) is 20.9 Å². The van der Waals surface area contributed by atoms with Crippen LogP contribution in [0.3, 0.4) is 0 Å². The summed E-state index contributed by atoms with van der Waals surface area (Å²) >= 11 is 10.0. The Balaban J connectivity index is 0.000000117. The van der Waals surface area contributed by atoms with Gasteiger partial charge in [-0.1, -0.05) is 403 Å². The Labute approximate surface area is 822 Å². The largest absolute Gasteiger partial charge is 0.495 e. The van der Waals surface area contributed by atoms with Gasteiger partial charge in [-0.3, -0.25) is 0 Å². The van der Waals surface area contributed by atoms with Crippen molar-refractivity contribution in [3.8, 4) is 77.9 Å². The Kier molecular flexibility index (Phi) is 20.3. The fraction of sp³-hybridized carbons (Fsp3) is 0.108. The summed E-state index contributed by atoms with van der Waals surface area (Å²) in [5.41, 5.74) is 40.0. The van der Waals surface area contributed by atoms with Crippen LogP contribution in [0.2, 0.25) is 5.02 Å². The van der Waals surface area contributed by atoms with Crippen LogP contribution < -0.4 is 15.3 Å². The van der Waals surface area contributed by atoms with Gasteiger partial charge in [0.15, 0.2) is 0 Å². The van der Waals surface area contributed by atoms with Crippen molar-refractivity contribution in [2.75, 3.05) is 9.80 Å². The maximum absolute atomic E-state index is 6.69. The number of rotatable bonds is 10. The molecule has 4 nitrogen and oxygen atoms in total. The molecule has 8 heteroatoms. The van der Waals surface area contributed by atoms with Crippen LogP contribution in [0.4, 0.5) is 34.1 Å². The summed E-state index contributed by atoms with van der Waals surface area (Å²) < 4.78 is 13.4. The predicted molar refractivity (Wildman–Crippen MR) is 579 cm³/mol. The minimum atomic E-state index is -0.452. The van der Waals surface area contributed by atoms with E-state index >= 15 is 0 Å². The molecule has 0 unspecified atom stereocenters. The molecule has 0 bridgehead atoms. The zero-order valence-electron chi connectivity index (χ0n) is 78.2. The van der Waals surface area contributed by atoms with Gasteiger partial charge in [0.1, 0.15) is 0 Å². The van der Waals surface area contributed by atoms with Crippen molar-refractivity contribution in [3.63, 3.8) is 0 Å². The minimum absolute atomic E-state index is 0.0508. The quantitative estimate of drug-likeness (QED) is 0.127. The van der Waals surface area contributed by atoms with Gasteiger partial charge in [-0.05, 0) is 309 Å². The van der Waals surface area contributed by atoms with Crippen LogP contribution in [-0.2, 0) is 31.0 Å². The van der Waals surface area contributed by atoms with Crippen LogP contribution in [0.15, 0.2) is 468 Å². The maximum Gasteiger partial charge on any atom is 0.495 e. The Morgan fingerprint density at radius 1 is 0.225 bits per heavy atom. The zero-order valence-corrected chi connectivity index (χ0v) is 80.6. The third-order valence-electron chi connectivity index (χ3n) is 30.9. The summed E-state index contributed by atoms with van der Waals surface area (Å²) in [4.78, 5) is 9.99. The lowest BCUT2D eigenvalue weighted by Gasteiger charge is -2.39. The highest BCUT2D eigenvalue weighted by molar-refractivity contribution is 7.99. The average Bonchev–Trinajstić information content (AvgIpc) is 1.51. The Morgan fingerprint density at radius 3 is 0.957 bits per heavy atom. The second kappa shape index (κ2) is 32.9. The lowest BCUT2D eigenvalue weighted by Crippen LogP contribution is -2.41. The van der Waals surface area contributed by atoms with Crippen molar-refractivity contribution in [3.05, 3.63) is 521 Å². The minimum Gasteiger partial charge on any atom is -0.399 e. The van der Waals surface area contributed by atoms with E-state index in [0.29, 0.717) is 0 Å². The molecule has 27 rings (SSSR count). The Morgan fingerprint density at radius 2 is 0.529 bits per heavy atom. The van der Waals surface area contributed by atoms with E-state index in [1.807, 2.05) is 41.7 Å². The summed E-state index contributed by atoms with van der Waals surface area (Å²) in [5.74, 6) is 0. The van der Waals surface area contributed by atoms with Crippen molar-refractivity contribution in [1.29, 1.82) is 0 Å². The van der Waals surface area contributed by atoms with Crippen LogP contribution >= 0.6 is 35.1 Å². The highest BCUT2D eigenvalue weighted by atomic mass is 35.5. The molecular formula is C130H98BClN2O2S2. The molecule has 20 aromatic rings. The maximum atomic E-state index is 6.69. The second-order valence-corrected chi connectivity index (χ2v) is 42.1. The van der Waals surface area contributed by atoms with E-state index in [9.17, 15) is 0 Å². The molecule has 662 valence electrons. The standard InChI is InChI=1S/C62H43NS.C35H29BO2S.C33H26ClN/c1-61(2)51-21-9-8-19-49(51)50-37-36-46(39-56(50)61)63(44-32-27-41(28-33-44)40-15-4-3-5-16-40)45-34-29-43(30-35-45)48-20-14-24-54-59(48)60-47-18-7-6-17-42(47)31-38-55(60)62(54)52-22-10-12-25-57(52)64-58-26-13-11-23-53(58)62;1-33(2)34(3,4)38-36(37-33)28-17-11-16-26-32(28)31-23-13-6-5-12-22(23)20-21-27(31)35(26)24-14-7-9-18-29(24)39-30-19-10-8-15-25(30)35;1-33(2)31-11-7-6-10-29(31)30-21-20-28(22-32(30)33)35(27-18-14-25(34)15-19-27)26-16-12-24(13-17-26)23-8-4-3-5-9-23/h3-39H,1-2H3;5-21H,1-4H3;3-22H,1-2H3. The van der Waals surface area contributed by atoms with E-state index in [0.717, 1.165) is 44.6 Å². The number of halogens is 1. The van der Waals surface area contributed by atoms with Gasteiger partial charge in [0.2, 0.25) is 0 Å². The van der Waals surface area contributed by atoms with Gasteiger partial charge >= 0.3 is 7.12 Å². The molecule has 0 radical (unpaired) electrons. The zero-order chi connectivity index (χ0) is 93.1. The number of benzene rings is 20. The number of fused-ring (bicyclic) bond motifs is 28. The molecule has 138 heavy (non-hydrogen) atoms. The third-order valence-corrected chi connectivity index (χ3v) is 33.4. The predicted octanol–water partition coefficient (Wildman–Crippen LogP) is 34.5. The summed E-state index contributed by atoms with van der Waals surface area (Å²) in [6.07, 6.45) is 0. The van der Waals surface area contributed by atoms with E-state index in [1.165, 1.54) is 186 Å². The Hall–Kier alpha value is -14.5. The van der Waals surface area contributed by atoms with Gasteiger partial charge in [-0.15, -0.1) is 0 Å². The number of anilines is 6. The third kappa shape index (κ3) is 13.3. The van der Waals surface area contributed by atoms with Crippen LogP contribution in [0, 0.1) is 0 Å². The van der Waals surface area contributed by atoms with Crippen molar-refractivity contribution in [2.45, 2.75) is 108 Å². The number of hydrogen-bond acceptors (Lipinski definition) is 6. The number of nitrogens with zero attached hydrogens (tertiary/aromatic N) is 2. The molecule has 0 atom stereocenters. The molecule has 3 aliphatic heterocycles. The first kappa shape index (κ1) is 85.2. The molecule has 3 heterocycles. The molecule has 0 saturated carbocycles. The number of hydrogen-bond donors (Lipinski definition) is 0. The fourth-order valence-electron chi connectivity index (χ4n) is 23.7. The average molecular weight is 1830 g/mol. The first-order valence-corrected chi connectivity index (χ1v) is 50.0. The van der Waals surface area contributed by atoms with Crippen molar-refractivity contribution < 1.29 is 9.31 Å². The van der Waals surface area contributed by atoms with Crippen molar-refractivity contribution >= 4 is 103 Å². The van der Waals surface area contributed by atoms with Crippen LogP contribution in [0.1, 0.15) is 122 Å². The molecule has 0 aromatic heterocycles. The topological polar surface area (TPSA) is 24.9 Å². The Bertz CT molecular complexity index is 8190. The lowest BCUT2D eigenvalue weighted by molar-refractivity contribution is 0.00578.